The maximum absolute atomic E-state index is 16.3. The van der Waals surface area contributed by atoms with Crippen LogP contribution in [0.25, 0.3) is 110 Å². The normalized spacial score (nSPS) is 13.9. The molecule has 2 aliphatic heterocycles. The molecule has 6 heterocycles. The summed E-state index contributed by atoms with van der Waals surface area (Å²) in [4.78, 5) is 67.3. The zero-order chi connectivity index (χ0) is 51.6. The average molecular weight is 995 g/mol. The minimum Gasteiger partial charge on any atom is -0.308 e. The first-order chi connectivity index (χ1) is 37.7. The summed E-state index contributed by atoms with van der Waals surface area (Å²) in [5.41, 5.74) is 7.65. The Bertz CT molecular complexity index is 4190. The van der Waals surface area contributed by atoms with Gasteiger partial charge < -0.3 is 18.3 Å². The molecule has 0 saturated heterocycles. The minimum atomic E-state index is -1.88. The van der Waals surface area contributed by atoms with Crippen molar-refractivity contribution in [3.63, 3.8) is 0 Å². The molecule has 4 amide bonds. The summed E-state index contributed by atoms with van der Waals surface area (Å²) in [6, 6.07) is 72.1. The molecule has 0 spiro atoms. The lowest BCUT2D eigenvalue weighted by atomic mass is 10.0. The lowest BCUT2D eigenvalue weighted by Gasteiger charge is -2.40. The van der Waals surface area contributed by atoms with Gasteiger partial charge in [-0.2, -0.15) is 0 Å². The second-order valence-electron chi connectivity index (χ2n) is 20.6. The highest BCUT2D eigenvalue weighted by molar-refractivity contribution is 6.30. The molecule has 10 nitrogen and oxygen atoms in total. The summed E-state index contributed by atoms with van der Waals surface area (Å²) in [5.74, 6) is -2.51. The van der Waals surface area contributed by atoms with Gasteiger partial charge in [-0.25, -0.2) is 9.80 Å². The number of rotatable bonds is 6. The molecule has 0 unspecified atom stereocenters. The summed E-state index contributed by atoms with van der Waals surface area (Å²) < 4.78 is 8.22. The molecule has 16 rings (SSSR count). The van der Waals surface area contributed by atoms with Crippen LogP contribution in [-0.4, -0.2) is 57.4 Å². The molecular formula is C67H42N6O4. The van der Waals surface area contributed by atoms with E-state index in [0.717, 1.165) is 97.0 Å². The molecule has 0 saturated carbocycles. The molecule has 0 aliphatic carbocycles. The molecule has 4 aromatic heterocycles. The number of imide groups is 2. The highest BCUT2D eigenvalue weighted by Crippen LogP contribution is 2.47. The molecule has 0 radical (unpaired) electrons. The lowest BCUT2D eigenvalue weighted by Crippen LogP contribution is -2.60. The first kappa shape index (κ1) is 43.1. The predicted molar refractivity (Wildman–Crippen MR) is 305 cm³/mol. The number of carbonyl (C=O) groups is 4. The average Bonchev–Trinajstić information content (AvgIpc) is 4.19. The van der Waals surface area contributed by atoms with E-state index in [4.69, 9.17) is 0 Å². The highest BCUT2D eigenvalue weighted by atomic mass is 16.2. The third kappa shape index (κ3) is 5.52. The van der Waals surface area contributed by atoms with Gasteiger partial charge in [-0.05, 0) is 86.6 Å². The highest BCUT2D eigenvalue weighted by Gasteiger charge is 2.56. The van der Waals surface area contributed by atoms with Crippen molar-refractivity contribution in [1.82, 2.24) is 28.1 Å². The first-order valence-corrected chi connectivity index (χ1v) is 25.8. The minimum absolute atomic E-state index is 0.169. The van der Waals surface area contributed by atoms with Crippen LogP contribution in [0, 0.1) is 0 Å². The van der Waals surface area contributed by atoms with Crippen molar-refractivity contribution in [3.8, 4) is 22.7 Å². The fourth-order valence-electron chi connectivity index (χ4n) is 13.2. The second kappa shape index (κ2) is 15.4. The van der Waals surface area contributed by atoms with Crippen molar-refractivity contribution in [2.45, 2.75) is 19.5 Å². The Morgan fingerprint density at radius 2 is 0.390 bits per heavy atom. The van der Waals surface area contributed by atoms with Gasteiger partial charge in [0.2, 0.25) is 0 Å². The zero-order valence-corrected chi connectivity index (χ0v) is 41.6. The molecule has 14 aromatic rings. The molecule has 77 heavy (non-hydrogen) atoms. The van der Waals surface area contributed by atoms with Crippen LogP contribution < -0.4 is 0 Å². The van der Waals surface area contributed by atoms with E-state index in [1.807, 2.05) is 170 Å². The molecule has 364 valence electrons. The molecule has 10 heteroatoms. The Morgan fingerprint density at radius 1 is 0.234 bits per heavy atom. The van der Waals surface area contributed by atoms with E-state index in [-0.39, 0.29) is 22.3 Å². The number of amides is 4. The fraction of sp³-hybridized carbons (Fsp3) is 0.0448. The Hall–Kier alpha value is -10.3. The van der Waals surface area contributed by atoms with Crippen molar-refractivity contribution in [3.05, 3.63) is 241 Å². The van der Waals surface area contributed by atoms with Crippen molar-refractivity contribution in [2.75, 3.05) is 0 Å². The lowest BCUT2D eigenvalue weighted by molar-refractivity contribution is 0.00435. The summed E-state index contributed by atoms with van der Waals surface area (Å²) >= 11 is 0. The molecule has 2 aliphatic rings. The van der Waals surface area contributed by atoms with Crippen molar-refractivity contribution in [2.24, 2.45) is 0 Å². The van der Waals surface area contributed by atoms with E-state index in [2.05, 4.69) is 66.8 Å². The Labute approximate surface area is 439 Å². The maximum atomic E-state index is 16.3. The second-order valence-corrected chi connectivity index (χ2v) is 20.6. The topological polar surface area (TPSA) is 94.5 Å². The van der Waals surface area contributed by atoms with Crippen molar-refractivity contribution in [1.29, 1.82) is 0 Å². The molecule has 0 bridgehead atoms. The van der Waals surface area contributed by atoms with E-state index in [9.17, 15) is 0 Å². The van der Waals surface area contributed by atoms with Gasteiger partial charge in [0.1, 0.15) is 5.66 Å². The Kier molecular flexibility index (Phi) is 8.61. The van der Waals surface area contributed by atoms with Crippen molar-refractivity contribution >= 4 is 111 Å². The van der Waals surface area contributed by atoms with E-state index in [0.29, 0.717) is 22.7 Å². The molecular weight excluding hydrogens is 953 g/mol. The van der Waals surface area contributed by atoms with Crippen LogP contribution in [0.1, 0.15) is 55.3 Å². The summed E-state index contributed by atoms with van der Waals surface area (Å²) in [5, 5.41) is 7.90. The van der Waals surface area contributed by atoms with Gasteiger partial charge in [0.15, 0.2) is 0 Å². The van der Waals surface area contributed by atoms with Crippen LogP contribution in [0.3, 0.4) is 0 Å². The van der Waals surface area contributed by atoms with Gasteiger partial charge >= 0.3 is 0 Å². The predicted octanol–water partition coefficient (Wildman–Crippen LogP) is 14.7. The van der Waals surface area contributed by atoms with Crippen LogP contribution in [0.15, 0.2) is 218 Å². The number of fused-ring (bicyclic) bond motifs is 14. The van der Waals surface area contributed by atoms with Crippen LogP contribution in [0.5, 0.6) is 0 Å². The molecule has 0 N–H and O–H groups in total. The number of nitrogens with zero attached hydrogens (tertiary/aromatic N) is 6. The smallest absolute Gasteiger partial charge is 0.265 e. The summed E-state index contributed by atoms with van der Waals surface area (Å²) in [7, 11) is 0. The van der Waals surface area contributed by atoms with E-state index in [1.54, 1.807) is 13.8 Å². The monoisotopic (exact) mass is 994 g/mol. The number of para-hydroxylation sites is 8. The SMILES string of the molecule is CC(C)(N1C(=O)c2c(-n3c4ccccc4c4ccccc43)ccc(-n3c4ccccc4c4ccccc43)c2C1=O)N1C(=O)c2c(-n3c4ccccc4c4ccccc43)ccc(-n3c4ccccc4c4ccccc43)c2C1=O. The molecule has 0 fully saturated rings. The van der Waals surface area contributed by atoms with E-state index < -0.39 is 29.3 Å². The van der Waals surface area contributed by atoms with Gasteiger partial charge in [0.05, 0.1) is 89.1 Å². The van der Waals surface area contributed by atoms with Crippen LogP contribution in [0.2, 0.25) is 0 Å². The zero-order valence-electron chi connectivity index (χ0n) is 41.6. The quantitative estimate of drug-likeness (QED) is 0.155. The Morgan fingerprint density at radius 3 is 0.558 bits per heavy atom. The number of hydrogen-bond donors (Lipinski definition) is 0. The van der Waals surface area contributed by atoms with Gasteiger partial charge in [-0.15, -0.1) is 0 Å². The number of hydrogen-bond acceptors (Lipinski definition) is 4. The van der Waals surface area contributed by atoms with E-state index >= 15 is 19.2 Å². The molecule has 0 atom stereocenters. The van der Waals surface area contributed by atoms with Gasteiger partial charge in [0, 0.05) is 43.1 Å². The van der Waals surface area contributed by atoms with E-state index in [1.165, 1.54) is 0 Å². The fourth-order valence-corrected chi connectivity index (χ4v) is 13.2. The van der Waals surface area contributed by atoms with Crippen LogP contribution >= 0.6 is 0 Å². The standard InChI is InChI=1S/C67H42N6O4/c1-67(2,72-63(74)59-55(68-47-27-11-3-19-39(47)40-20-4-12-28-48(40)68)35-36-56(60(59)64(72)75)69-49-29-13-5-21-41(49)42-22-6-14-30-50(42)69)73-65(76)61-57(70-51-31-15-7-23-43(51)44-24-8-16-32-52(44)70)37-38-58(62(61)66(73)77)71-53-33-17-9-25-45(53)46-26-10-18-34-54(46)71/h3-38H,1-2H3. The number of carbonyl (C=O) groups excluding carboxylic acids is 4. The third-order valence-electron chi connectivity index (χ3n) is 16.4. The molecule has 10 aromatic carbocycles. The van der Waals surface area contributed by atoms with Crippen LogP contribution in [-0.2, 0) is 0 Å². The first-order valence-electron chi connectivity index (χ1n) is 25.8. The van der Waals surface area contributed by atoms with Gasteiger partial charge in [0.25, 0.3) is 23.6 Å². The maximum Gasteiger partial charge on any atom is 0.265 e. The number of aromatic nitrogens is 4. The third-order valence-corrected chi connectivity index (χ3v) is 16.4. The Balaban J connectivity index is 0.945. The number of benzene rings is 10. The van der Waals surface area contributed by atoms with Gasteiger partial charge in [-0.3, -0.25) is 19.2 Å². The van der Waals surface area contributed by atoms with Crippen LogP contribution in [0.4, 0.5) is 0 Å². The summed E-state index contributed by atoms with van der Waals surface area (Å²) in [6.45, 7) is 3.27. The van der Waals surface area contributed by atoms with Gasteiger partial charge in [-0.1, -0.05) is 146 Å². The largest absolute Gasteiger partial charge is 0.308 e. The van der Waals surface area contributed by atoms with Crippen molar-refractivity contribution < 1.29 is 19.2 Å². The summed E-state index contributed by atoms with van der Waals surface area (Å²) in [6.07, 6.45) is 0.